The van der Waals surface area contributed by atoms with Crippen LogP contribution in [0.5, 0.6) is 5.75 Å². The van der Waals surface area contributed by atoms with Crippen molar-refractivity contribution in [3.8, 4) is 5.75 Å². The molecule has 18 heavy (non-hydrogen) atoms. The van der Waals surface area contributed by atoms with E-state index in [9.17, 15) is 4.79 Å². The first-order chi connectivity index (χ1) is 8.45. The Morgan fingerprint density at radius 2 is 2.00 bits per heavy atom. The van der Waals surface area contributed by atoms with Crippen LogP contribution in [0.3, 0.4) is 0 Å². The lowest BCUT2D eigenvalue weighted by molar-refractivity contribution is 0.0891. The monoisotopic (exact) mass is 250 g/mol. The molecule has 0 saturated heterocycles. The third kappa shape index (κ3) is 3.81. The molecule has 1 aromatic rings. The minimum absolute atomic E-state index is 0.0363. The molecule has 4 heteroatoms. The predicted octanol–water partition coefficient (Wildman–Crippen LogP) is 2.28. The molecule has 1 aromatic heterocycles. The van der Waals surface area contributed by atoms with Gasteiger partial charge >= 0.3 is 0 Å². The van der Waals surface area contributed by atoms with Gasteiger partial charge in [0, 0.05) is 24.2 Å². The van der Waals surface area contributed by atoms with Crippen LogP contribution in [0.2, 0.25) is 0 Å². The van der Waals surface area contributed by atoms with Gasteiger partial charge in [-0.3, -0.25) is 9.78 Å². The van der Waals surface area contributed by atoms with Crippen molar-refractivity contribution in [2.24, 2.45) is 17.6 Å². The maximum Gasteiger partial charge on any atom is 0.169 e. The van der Waals surface area contributed by atoms with Crippen molar-refractivity contribution in [3.05, 3.63) is 24.0 Å². The fourth-order valence-corrected chi connectivity index (χ4v) is 1.79. The highest BCUT2D eigenvalue weighted by Crippen LogP contribution is 2.19. The molecule has 0 spiro atoms. The molecular formula is C14H22N2O2. The first-order valence-corrected chi connectivity index (χ1v) is 6.31. The largest absolute Gasteiger partial charge is 0.489 e. The maximum absolute atomic E-state index is 12.3. The lowest BCUT2D eigenvalue weighted by Crippen LogP contribution is -2.28. The summed E-state index contributed by atoms with van der Waals surface area (Å²) in [6.07, 6.45) is 3.25. The van der Waals surface area contributed by atoms with E-state index in [1.165, 1.54) is 0 Å². The molecule has 0 amide bonds. The highest BCUT2D eigenvalue weighted by Gasteiger charge is 2.22. The summed E-state index contributed by atoms with van der Waals surface area (Å²) in [5.41, 5.74) is 6.23. The Labute approximate surface area is 109 Å². The van der Waals surface area contributed by atoms with Gasteiger partial charge in [0.25, 0.3) is 0 Å². The van der Waals surface area contributed by atoms with Crippen LogP contribution in [0.1, 0.15) is 38.1 Å². The van der Waals surface area contributed by atoms with Crippen molar-refractivity contribution in [3.63, 3.8) is 0 Å². The molecule has 0 aliphatic rings. The molecule has 0 aliphatic carbocycles. The second-order valence-electron chi connectivity index (χ2n) is 5.03. The van der Waals surface area contributed by atoms with Crippen molar-refractivity contribution in [2.45, 2.75) is 33.8 Å². The average Bonchev–Trinajstić information content (AvgIpc) is 2.28. The summed E-state index contributed by atoms with van der Waals surface area (Å²) >= 11 is 0. The topological polar surface area (TPSA) is 65.2 Å². The summed E-state index contributed by atoms with van der Waals surface area (Å²) in [6.45, 7) is 8.22. The zero-order valence-corrected chi connectivity index (χ0v) is 11.5. The first kappa shape index (κ1) is 14.6. The summed E-state index contributed by atoms with van der Waals surface area (Å²) in [5.74, 6) is 0.711. The molecule has 0 aliphatic heterocycles. The summed E-state index contributed by atoms with van der Waals surface area (Å²) < 4.78 is 5.53. The van der Waals surface area contributed by atoms with E-state index in [0.29, 0.717) is 17.9 Å². The van der Waals surface area contributed by atoms with Gasteiger partial charge in [0.1, 0.15) is 5.75 Å². The summed E-state index contributed by atoms with van der Waals surface area (Å²) in [6, 6.07) is 1.74. The lowest BCUT2D eigenvalue weighted by atomic mass is 9.88. The average molecular weight is 250 g/mol. The fraction of sp³-hybridized carbons (Fsp3) is 0.571. The number of nitrogens with two attached hydrogens (primary N) is 1. The SMILES string of the molecule is CC(C)Oc1cncc(C(=O)C(CN)C(C)C)c1. The lowest BCUT2D eigenvalue weighted by Gasteiger charge is -2.17. The van der Waals surface area contributed by atoms with E-state index in [4.69, 9.17) is 10.5 Å². The van der Waals surface area contributed by atoms with Gasteiger partial charge in [0.15, 0.2) is 5.78 Å². The number of nitrogens with zero attached hydrogens (tertiary/aromatic N) is 1. The van der Waals surface area contributed by atoms with Crippen molar-refractivity contribution in [2.75, 3.05) is 6.54 Å². The van der Waals surface area contributed by atoms with Crippen molar-refractivity contribution >= 4 is 5.78 Å². The number of hydrogen-bond donors (Lipinski definition) is 1. The minimum atomic E-state index is -0.166. The number of carbonyl (C=O) groups is 1. The summed E-state index contributed by atoms with van der Waals surface area (Å²) in [4.78, 5) is 16.3. The van der Waals surface area contributed by atoms with Crippen molar-refractivity contribution in [1.29, 1.82) is 0 Å². The van der Waals surface area contributed by atoms with Crippen molar-refractivity contribution in [1.82, 2.24) is 4.98 Å². The van der Waals surface area contributed by atoms with Crippen LogP contribution < -0.4 is 10.5 Å². The van der Waals surface area contributed by atoms with E-state index in [2.05, 4.69) is 4.98 Å². The standard InChI is InChI=1S/C14H22N2O2/c1-9(2)13(6-15)14(17)11-5-12(8-16-7-11)18-10(3)4/h5,7-10,13H,6,15H2,1-4H3. The first-order valence-electron chi connectivity index (χ1n) is 6.31. The van der Waals surface area contributed by atoms with Crippen LogP contribution in [-0.2, 0) is 0 Å². The second-order valence-corrected chi connectivity index (χ2v) is 5.03. The zero-order chi connectivity index (χ0) is 13.7. The minimum Gasteiger partial charge on any atom is -0.489 e. The highest BCUT2D eigenvalue weighted by molar-refractivity contribution is 5.98. The number of hydrogen-bond acceptors (Lipinski definition) is 4. The molecule has 0 bridgehead atoms. The van der Waals surface area contributed by atoms with Gasteiger partial charge in [-0.25, -0.2) is 0 Å². The number of Topliss-reactive ketones (excluding diaryl/α,β-unsaturated/α-hetero) is 1. The van der Waals surface area contributed by atoms with Gasteiger partial charge in [-0.05, 0) is 25.8 Å². The molecule has 1 rings (SSSR count). The van der Waals surface area contributed by atoms with E-state index in [0.717, 1.165) is 0 Å². The van der Waals surface area contributed by atoms with Crippen molar-refractivity contribution < 1.29 is 9.53 Å². The molecule has 4 nitrogen and oxygen atoms in total. The molecular weight excluding hydrogens is 228 g/mol. The van der Waals surface area contributed by atoms with Gasteiger partial charge in [-0.2, -0.15) is 0 Å². The van der Waals surface area contributed by atoms with Gasteiger partial charge in [0.2, 0.25) is 0 Å². The molecule has 1 heterocycles. The number of ether oxygens (including phenoxy) is 1. The van der Waals surface area contributed by atoms with E-state index < -0.39 is 0 Å². The Morgan fingerprint density at radius 1 is 1.33 bits per heavy atom. The fourth-order valence-electron chi connectivity index (χ4n) is 1.79. The molecule has 1 unspecified atom stereocenters. The van der Waals surface area contributed by atoms with Gasteiger partial charge in [0.05, 0.1) is 12.3 Å². The van der Waals surface area contributed by atoms with Gasteiger partial charge < -0.3 is 10.5 Å². The number of rotatable bonds is 6. The van der Waals surface area contributed by atoms with E-state index in [1.54, 1.807) is 18.5 Å². The van der Waals surface area contributed by atoms with Crippen LogP contribution in [0.15, 0.2) is 18.5 Å². The van der Waals surface area contributed by atoms with Gasteiger partial charge in [-0.1, -0.05) is 13.8 Å². The smallest absolute Gasteiger partial charge is 0.169 e. The zero-order valence-electron chi connectivity index (χ0n) is 11.5. The molecule has 0 fully saturated rings. The number of pyridine rings is 1. The molecule has 2 N–H and O–H groups in total. The second kappa shape index (κ2) is 6.50. The number of carbonyl (C=O) groups excluding carboxylic acids is 1. The van der Waals surface area contributed by atoms with Gasteiger partial charge in [-0.15, -0.1) is 0 Å². The Kier molecular flexibility index (Phi) is 5.28. The molecule has 100 valence electrons. The third-order valence-corrected chi connectivity index (χ3v) is 2.76. The van der Waals surface area contributed by atoms with Crippen LogP contribution >= 0.6 is 0 Å². The van der Waals surface area contributed by atoms with E-state index >= 15 is 0 Å². The molecule has 1 atom stereocenters. The van der Waals surface area contributed by atoms with E-state index in [-0.39, 0.29) is 23.7 Å². The van der Waals surface area contributed by atoms with Crippen LogP contribution in [0, 0.1) is 11.8 Å². The van der Waals surface area contributed by atoms with Crippen LogP contribution in [0.4, 0.5) is 0 Å². The highest BCUT2D eigenvalue weighted by atomic mass is 16.5. The Bertz CT molecular complexity index is 403. The Balaban J connectivity index is 2.92. The number of ketones is 1. The van der Waals surface area contributed by atoms with Crippen LogP contribution in [0.25, 0.3) is 0 Å². The maximum atomic E-state index is 12.3. The Morgan fingerprint density at radius 3 is 2.50 bits per heavy atom. The normalized spacial score (nSPS) is 12.8. The molecule has 0 aromatic carbocycles. The quantitative estimate of drug-likeness (QED) is 0.787. The third-order valence-electron chi connectivity index (χ3n) is 2.76. The van der Waals surface area contributed by atoms with E-state index in [1.807, 2.05) is 27.7 Å². The molecule has 0 radical (unpaired) electrons. The summed E-state index contributed by atoms with van der Waals surface area (Å²) in [5, 5.41) is 0. The number of aromatic nitrogens is 1. The predicted molar refractivity (Wildman–Crippen MR) is 71.7 cm³/mol. The Hall–Kier alpha value is -1.42. The molecule has 0 saturated carbocycles. The van der Waals surface area contributed by atoms with Crippen LogP contribution in [-0.4, -0.2) is 23.4 Å². The summed E-state index contributed by atoms with van der Waals surface area (Å²) in [7, 11) is 0.